The highest BCUT2D eigenvalue weighted by Gasteiger charge is 2.05. The highest BCUT2D eigenvalue weighted by atomic mass is 16.3. The first-order chi connectivity index (χ1) is 15.2. The van der Waals surface area contributed by atoms with E-state index in [0.717, 1.165) is 65.0 Å². The van der Waals surface area contributed by atoms with Crippen LogP contribution in [0.4, 0.5) is 0 Å². The van der Waals surface area contributed by atoms with Gasteiger partial charge in [0.05, 0.1) is 0 Å². The smallest absolute Gasteiger partial charge is 0.124 e. The Hall–Kier alpha value is -3.66. The summed E-state index contributed by atoms with van der Waals surface area (Å²) in [6.07, 6.45) is 6.52. The fourth-order valence-electron chi connectivity index (χ4n) is 3.73. The molecule has 0 aromatic heterocycles. The topological polar surface area (TPSA) is 65.2 Å². The fourth-order valence-corrected chi connectivity index (χ4v) is 3.73. The van der Waals surface area contributed by atoms with Gasteiger partial charge in [-0.05, 0) is 52.9 Å². The van der Waals surface area contributed by atoms with E-state index in [1.54, 1.807) is 24.6 Å². The van der Waals surface area contributed by atoms with E-state index >= 15 is 0 Å². The van der Waals surface area contributed by atoms with Crippen LogP contribution in [0.2, 0.25) is 0 Å². The molecule has 0 aliphatic rings. The lowest BCUT2D eigenvalue weighted by atomic mass is 10.0. The van der Waals surface area contributed by atoms with Gasteiger partial charge in [-0.3, -0.25) is 9.98 Å². The van der Waals surface area contributed by atoms with Crippen molar-refractivity contribution in [2.24, 2.45) is 9.98 Å². The number of rotatable bonds is 8. The molecule has 156 valence electrons. The molecule has 0 aliphatic carbocycles. The molecule has 4 aromatic rings. The summed E-state index contributed by atoms with van der Waals surface area (Å²) in [7, 11) is 0. The van der Waals surface area contributed by atoms with E-state index in [9.17, 15) is 10.2 Å². The van der Waals surface area contributed by atoms with Crippen molar-refractivity contribution in [3.63, 3.8) is 0 Å². The highest BCUT2D eigenvalue weighted by molar-refractivity contribution is 6.03. The van der Waals surface area contributed by atoms with Crippen molar-refractivity contribution in [3.05, 3.63) is 83.9 Å². The van der Waals surface area contributed by atoms with E-state index in [0.29, 0.717) is 0 Å². The van der Waals surface area contributed by atoms with E-state index < -0.39 is 0 Å². The first-order valence-corrected chi connectivity index (χ1v) is 10.6. The molecule has 0 heterocycles. The van der Waals surface area contributed by atoms with Gasteiger partial charge in [-0.1, -0.05) is 60.7 Å². The Labute approximate surface area is 182 Å². The van der Waals surface area contributed by atoms with Crippen molar-refractivity contribution in [1.29, 1.82) is 0 Å². The zero-order chi connectivity index (χ0) is 21.5. The molecule has 0 spiro atoms. The minimum Gasteiger partial charge on any atom is -0.507 e. The minimum atomic E-state index is 0.258. The van der Waals surface area contributed by atoms with Gasteiger partial charge >= 0.3 is 0 Å². The number of phenols is 2. The Bertz CT molecular complexity index is 1150. The van der Waals surface area contributed by atoms with Crippen LogP contribution in [0.3, 0.4) is 0 Å². The molecule has 0 bridgehead atoms. The lowest BCUT2D eigenvalue weighted by Gasteiger charge is -2.05. The van der Waals surface area contributed by atoms with Crippen LogP contribution in [-0.4, -0.2) is 35.7 Å². The third-order valence-corrected chi connectivity index (χ3v) is 5.41. The molecule has 4 aromatic carbocycles. The van der Waals surface area contributed by atoms with Gasteiger partial charge in [-0.15, -0.1) is 0 Å². The molecule has 0 saturated heterocycles. The summed E-state index contributed by atoms with van der Waals surface area (Å²) in [5.41, 5.74) is 1.55. The molecule has 0 aliphatic heterocycles. The molecule has 4 rings (SSSR count). The molecule has 0 amide bonds. The highest BCUT2D eigenvalue weighted by Crippen LogP contribution is 2.26. The van der Waals surface area contributed by atoms with Gasteiger partial charge in [0, 0.05) is 36.6 Å². The summed E-state index contributed by atoms with van der Waals surface area (Å²) in [5.74, 6) is 0.516. The number of benzene rings is 4. The maximum Gasteiger partial charge on any atom is 0.124 e. The van der Waals surface area contributed by atoms with Crippen molar-refractivity contribution in [1.82, 2.24) is 0 Å². The summed E-state index contributed by atoms with van der Waals surface area (Å²) in [5, 5.41) is 24.5. The first kappa shape index (κ1) is 20.6. The summed E-state index contributed by atoms with van der Waals surface area (Å²) in [4.78, 5) is 9.01. The maximum absolute atomic E-state index is 10.2. The molecule has 31 heavy (non-hydrogen) atoms. The Balaban J connectivity index is 1.26. The van der Waals surface area contributed by atoms with Gasteiger partial charge in [-0.2, -0.15) is 0 Å². The number of hydrogen-bond donors (Lipinski definition) is 2. The molecular formula is C27H26N2O2. The van der Waals surface area contributed by atoms with E-state index in [-0.39, 0.29) is 11.5 Å². The maximum atomic E-state index is 10.2. The lowest BCUT2D eigenvalue weighted by Crippen LogP contribution is -1.91. The molecule has 0 radical (unpaired) electrons. The number of fused-ring (bicyclic) bond motifs is 2. The number of unbranched alkanes of at least 4 members (excludes halogenated alkanes) is 2. The molecule has 0 fully saturated rings. The van der Waals surface area contributed by atoms with E-state index in [2.05, 4.69) is 9.98 Å². The predicted molar refractivity (Wildman–Crippen MR) is 130 cm³/mol. The Morgan fingerprint density at radius 2 is 1.00 bits per heavy atom. The van der Waals surface area contributed by atoms with E-state index in [1.807, 2.05) is 60.7 Å². The normalized spacial score (nSPS) is 11.9. The monoisotopic (exact) mass is 410 g/mol. The number of aromatic hydroxyl groups is 2. The summed E-state index contributed by atoms with van der Waals surface area (Å²) in [6.45, 7) is 1.44. The Morgan fingerprint density at radius 3 is 1.48 bits per heavy atom. The lowest BCUT2D eigenvalue weighted by molar-refractivity contribution is 0.475. The quantitative estimate of drug-likeness (QED) is 0.272. The van der Waals surface area contributed by atoms with Crippen LogP contribution in [0.15, 0.2) is 82.8 Å². The molecule has 2 N–H and O–H groups in total. The zero-order valence-corrected chi connectivity index (χ0v) is 17.4. The van der Waals surface area contributed by atoms with Gasteiger partial charge < -0.3 is 10.2 Å². The summed E-state index contributed by atoms with van der Waals surface area (Å²) in [6, 6.07) is 23.3. The molecule has 0 saturated carbocycles. The second-order valence-electron chi connectivity index (χ2n) is 7.57. The van der Waals surface area contributed by atoms with Crippen LogP contribution in [0.1, 0.15) is 30.4 Å². The summed E-state index contributed by atoms with van der Waals surface area (Å²) >= 11 is 0. The first-order valence-electron chi connectivity index (χ1n) is 10.6. The summed E-state index contributed by atoms with van der Waals surface area (Å²) < 4.78 is 0. The standard InChI is InChI=1S/C27H26N2O2/c30-26-14-12-20-8-2-4-10-22(20)24(26)18-28-16-6-1-7-17-29-19-25-23-11-5-3-9-21(23)13-15-27(25)31/h2-5,8-15,18-19,30-31H,1,6-7,16-17H2. The SMILES string of the molecule is Oc1ccc2ccccc2c1C=NCCCCCN=Cc1c(O)ccc2ccccc12. The third-order valence-electron chi connectivity index (χ3n) is 5.41. The van der Waals surface area contributed by atoms with Crippen molar-refractivity contribution in [3.8, 4) is 11.5 Å². The van der Waals surface area contributed by atoms with Crippen molar-refractivity contribution >= 4 is 34.0 Å². The third kappa shape index (κ3) is 4.92. The average molecular weight is 411 g/mol. The number of hydrogen-bond acceptors (Lipinski definition) is 4. The molecular weight excluding hydrogens is 384 g/mol. The molecule has 4 nitrogen and oxygen atoms in total. The molecule has 0 atom stereocenters. The van der Waals surface area contributed by atoms with E-state index in [1.165, 1.54) is 0 Å². The molecule has 0 unspecified atom stereocenters. The van der Waals surface area contributed by atoms with Crippen molar-refractivity contribution in [2.45, 2.75) is 19.3 Å². The Morgan fingerprint density at radius 1 is 0.548 bits per heavy atom. The van der Waals surface area contributed by atoms with Gasteiger partial charge in [0.2, 0.25) is 0 Å². The molecule has 4 heteroatoms. The van der Waals surface area contributed by atoms with E-state index in [4.69, 9.17) is 0 Å². The van der Waals surface area contributed by atoms with Crippen LogP contribution < -0.4 is 0 Å². The van der Waals surface area contributed by atoms with Crippen LogP contribution in [0.25, 0.3) is 21.5 Å². The predicted octanol–water partition coefficient (Wildman–Crippen LogP) is 6.11. The number of phenolic OH excluding ortho intramolecular Hbond substituents is 2. The number of nitrogens with zero attached hydrogens (tertiary/aromatic N) is 2. The second-order valence-corrected chi connectivity index (χ2v) is 7.57. The Kier molecular flexibility index (Phi) is 6.58. The fraction of sp³-hybridized carbons (Fsp3) is 0.185. The van der Waals surface area contributed by atoms with Gasteiger partial charge in [0.1, 0.15) is 11.5 Å². The van der Waals surface area contributed by atoms with Crippen LogP contribution in [-0.2, 0) is 0 Å². The second kappa shape index (κ2) is 9.90. The van der Waals surface area contributed by atoms with Crippen molar-refractivity contribution < 1.29 is 10.2 Å². The van der Waals surface area contributed by atoms with Gasteiger partial charge in [0.15, 0.2) is 0 Å². The number of aliphatic imine (C=N–C) groups is 2. The van der Waals surface area contributed by atoms with Gasteiger partial charge in [0.25, 0.3) is 0 Å². The zero-order valence-electron chi connectivity index (χ0n) is 17.4. The minimum absolute atomic E-state index is 0.258. The van der Waals surface area contributed by atoms with Crippen LogP contribution in [0, 0.1) is 0 Å². The van der Waals surface area contributed by atoms with Crippen LogP contribution in [0.5, 0.6) is 11.5 Å². The van der Waals surface area contributed by atoms with Gasteiger partial charge in [-0.25, -0.2) is 0 Å². The average Bonchev–Trinajstić information content (AvgIpc) is 2.80. The largest absolute Gasteiger partial charge is 0.507 e. The van der Waals surface area contributed by atoms with Crippen molar-refractivity contribution in [2.75, 3.05) is 13.1 Å². The van der Waals surface area contributed by atoms with Crippen LogP contribution >= 0.6 is 0 Å².